The van der Waals surface area contributed by atoms with Crippen molar-refractivity contribution in [1.82, 2.24) is 19.7 Å². The number of hydrogen-bond acceptors (Lipinski definition) is 7. The summed E-state index contributed by atoms with van der Waals surface area (Å²) >= 11 is 0. The van der Waals surface area contributed by atoms with Crippen molar-refractivity contribution in [3.05, 3.63) is 36.2 Å². The highest BCUT2D eigenvalue weighted by molar-refractivity contribution is 5.54. The van der Waals surface area contributed by atoms with Gasteiger partial charge >= 0.3 is 0 Å². The molecule has 0 saturated carbocycles. The van der Waals surface area contributed by atoms with Gasteiger partial charge in [-0.25, -0.2) is 4.98 Å². The van der Waals surface area contributed by atoms with Gasteiger partial charge < -0.3 is 18.8 Å². The zero-order chi connectivity index (χ0) is 23.2. The molecule has 3 aliphatic rings. The van der Waals surface area contributed by atoms with Crippen LogP contribution in [0.15, 0.2) is 34.9 Å². The van der Waals surface area contributed by atoms with Crippen molar-refractivity contribution in [3.8, 4) is 17.2 Å². The van der Waals surface area contributed by atoms with Crippen molar-refractivity contribution in [1.29, 1.82) is 0 Å². The van der Waals surface area contributed by atoms with Crippen LogP contribution < -0.4 is 4.74 Å². The minimum Gasteiger partial charge on any atom is -0.494 e. The molecule has 2 aromatic rings. The predicted octanol–water partition coefficient (Wildman–Crippen LogP) is 3.89. The molecule has 0 N–H and O–H groups in total. The lowest BCUT2D eigenvalue weighted by molar-refractivity contribution is 0.0261. The lowest BCUT2D eigenvalue weighted by Gasteiger charge is -2.32. The van der Waals surface area contributed by atoms with E-state index in [0.29, 0.717) is 11.9 Å². The van der Waals surface area contributed by atoms with Gasteiger partial charge in [-0.2, -0.15) is 0 Å². The number of oxazole rings is 1. The summed E-state index contributed by atoms with van der Waals surface area (Å²) in [6, 6.07) is 9.47. The van der Waals surface area contributed by atoms with E-state index < -0.39 is 0 Å². The van der Waals surface area contributed by atoms with Crippen LogP contribution in [0.5, 0.6) is 5.75 Å². The van der Waals surface area contributed by atoms with E-state index in [1.165, 1.54) is 32.2 Å². The summed E-state index contributed by atoms with van der Waals surface area (Å²) in [5.74, 6) is 1.60. The zero-order valence-corrected chi connectivity index (χ0v) is 20.7. The maximum absolute atomic E-state index is 5.96. The molecule has 7 nitrogen and oxygen atoms in total. The van der Waals surface area contributed by atoms with Gasteiger partial charge in [-0.05, 0) is 76.4 Å². The number of ether oxygens (including phenoxy) is 2. The Labute approximate surface area is 204 Å². The fourth-order valence-electron chi connectivity index (χ4n) is 5.59. The third kappa shape index (κ3) is 6.19. The minimum atomic E-state index is 0.600. The Morgan fingerprint density at radius 2 is 1.79 bits per heavy atom. The largest absolute Gasteiger partial charge is 0.494 e. The zero-order valence-electron chi connectivity index (χ0n) is 20.7. The van der Waals surface area contributed by atoms with Gasteiger partial charge in [0.15, 0.2) is 0 Å². The molecule has 0 bridgehead atoms. The Morgan fingerprint density at radius 1 is 1.00 bits per heavy atom. The molecule has 0 amide bonds. The summed E-state index contributed by atoms with van der Waals surface area (Å²) in [6.07, 6.45) is 8.08. The Balaban J connectivity index is 1.09. The third-order valence-corrected chi connectivity index (χ3v) is 7.64. The Kier molecular flexibility index (Phi) is 8.17. The van der Waals surface area contributed by atoms with Crippen molar-refractivity contribution in [2.24, 2.45) is 0 Å². The van der Waals surface area contributed by atoms with E-state index in [9.17, 15) is 0 Å². The number of aromatic nitrogens is 1. The molecule has 1 aromatic carbocycles. The molecule has 3 saturated heterocycles. The van der Waals surface area contributed by atoms with Gasteiger partial charge in [0.1, 0.15) is 12.0 Å². The first-order chi connectivity index (χ1) is 16.7. The van der Waals surface area contributed by atoms with Crippen LogP contribution in [-0.2, 0) is 11.3 Å². The third-order valence-electron chi connectivity index (χ3n) is 7.64. The van der Waals surface area contributed by atoms with Crippen molar-refractivity contribution in [3.63, 3.8) is 0 Å². The van der Waals surface area contributed by atoms with E-state index >= 15 is 0 Å². The van der Waals surface area contributed by atoms with Gasteiger partial charge in [0.05, 0.1) is 25.5 Å². The molecule has 2 unspecified atom stereocenters. The fourth-order valence-corrected chi connectivity index (χ4v) is 5.59. The van der Waals surface area contributed by atoms with Crippen molar-refractivity contribution in [2.75, 3.05) is 59.1 Å². The number of nitrogens with zero attached hydrogens (tertiary/aromatic N) is 4. The number of likely N-dealkylation sites (tertiary alicyclic amines) is 2. The second-order valence-corrected chi connectivity index (χ2v) is 10.1. The molecule has 0 spiro atoms. The van der Waals surface area contributed by atoms with Crippen LogP contribution in [0.25, 0.3) is 11.5 Å². The summed E-state index contributed by atoms with van der Waals surface area (Å²) in [7, 11) is 0. The number of hydrogen-bond donors (Lipinski definition) is 0. The standard InChI is InChI=1S/C27H40N4O3/c1-22-5-2-11-30(22)13-4-16-33-26-9-7-23(8-10-26)27-28-24(21-34-27)19-31-12-3-6-25(31)20-29-14-17-32-18-15-29/h7-10,21-22,25H,2-6,11-20H2,1H3. The second kappa shape index (κ2) is 11.7. The van der Waals surface area contributed by atoms with Crippen LogP contribution in [0.4, 0.5) is 0 Å². The normalized spacial score (nSPS) is 24.7. The van der Waals surface area contributed by atoms with E-state index in [0.717, 1.165) is 88.6 Å². The van der Waals surface area contributed by atoms with E-state index in [4.69, 9.17) is 18.9 Å². The summed E-state index contributed by atoms with van der Waals surface area (Å²) in [5, 5.41) is 0. The maximum atomic E-state index is 5.96. The molecule has 0 radical (unpaired) electrons. The van der Waals surface area contributed by atoms with E-state index in [2.05, 4.69) is 21.6 Å². The molecule has 5 rings (SSSR count). The quantitative estimate of drug-likeness (QED) is 0.490. The smallest absolute Gasteiger partial charge is 0.226 e. The molecular formula is C27H40N4O3. The maximum Gasteiger partial charge on any atom is 0.226 e. The van der Waals surface area contributed by atoms with Gasteiger partial charge in [0.25, 0.3) is 0 Å². The summed E-state index contributed by atoms with van der Waals surface area (Å²) in [5.41, 5.74) is 2.01. The van der Waals surface area contributed by atoms with Crippen LogP contribution >= 0.6 is 0 Å². The summed E-state index contributed by atoms with van der Waals surface area (Å²) in [4.78, 5) is 12.5. The molecule has 3 aliphatic heterocycles. The van der Waals surface area contributed by atoms with Crippen LogP contribution in [0.3, 0.4) is 0 Å². The summed E-state index contributed by atoms with van der Waals surface area (Å²) in [6.45, 7) is 12.4. The van der Waals surface area contributed by atoms with Crippen molar-refractivity contribution < 1.29 is 13.9 Å². The SMILES string of the molecule is CC1CCCN1CCCOc1ccc(-c2nc(CN3CCCC3CN3CCOCC3)co2)cc1. The number of rotatable bonds is 10. The lowest BCUT2D eigenvalue weighted by Crippen LogP contribution is -2.44. The molecule has 34 heavy (non-hydrogen) atoms. The highest BCUT2D eigenvalue weighted by Crippen LogP contribution is 2.25. The molecular weight excluding hydrogens is 428 g/mol. The molecule has 2 atom stereocenters. The predicted molar refractivity (Wildman–Crippen MR) is 133 cm³/mol. The van der Waals surface area contributed by atoms with Crippen LogP contribution in [0.2, 0.25) is 0 Å². The van der Waals surface area contributed by atoms with Gasteiger partial charge in [-0.1, -0.05) is 0 Å². The van der Waals surface area contributed by atoms with Crippen LogP contribution in [-0.4, -0.2) is 90.9 Å². The average Bonchev–Trinajstić information content (AvgIpc) is 3.61. The molecule has 1 aromatic heterocycles. The topological polar surface area (TPSA) is 54.2 Å². The number of morpholine rings is 1. The van der Waals surface area contributed by atoms with Crippen molar-refractivity contribution >= 4 is 0 Å². The van der Waals surface area contributed by atoms with Gasteiger partial charge in [0, 0.05) is 50.4 Å². The lowest BCUT2D eigenvalue weighted by atomic mass is 10.2. The Hall–Kier alpha value is -1.93. The molecule has 0 aliphatic carbocycles. The van der Waals surface area contributed by atoms with Gasteiger partial charge in [0.2, 0.25) is 5.89 Å². The Bertz CT molecular complexity index is 880. The van der Waals surface area contributed by atoms with E-state index in [1.54, 1.807) is 0 Å². The van der Waals surface area contributed by atoms with E-state index in [1.807, 2.05) is 30.5 Å². The summed E-state index contributed by atoms with van der Waals surface area (Å²) < 4.78 is 17.3. The average molecular weight is 469 g/mol. The molecule has 4 heterocycles. The van der Waals surface area contributed by atoms with Gasteiger partial charge in [-0.15, -0.1) is 0 Å². The number of benzene rings is 1. The van der Waals surface area contributed by atoms with E-state index in [-0.39, 0.29) is 0 Å². The minimum absolute atomic E-state index is 0.600. The second-order valence-electron chi connectivity index (χ2n) is 10.1. The van der Waals surface area contributed by atoms with Crippen LogP contribution in [0, 0.1) is 0 Å². The van der Waals surface area contributed by atoms with Gasteiger partial charge in [-0.3, -0.25) is 9.80 Å². The monoisotopic (exact) mass is 468 g/mol. The Morgan fingerprint density at radius 3 is 2.59 bits per heavy atom. The molecule has 186 valence electrons. The fraction of sp³-hybridized carbons (Fsp3) is 0.667. The first kappa shape index (κ1) is 23.8. The first-order valence-electron chi connectivity index (χ1n) is 13.2. The highest BCUT2D eigenvalue weighted by Gasteiger charge is 2.28. The van der Waals surface area contributed by atoms with Crippen LogP contribution in [0.1, 0.15) is 44.7 Å². The van der Waals surface area contributed by atoms with Crippen molar-refractivity contribution in [2.45, 2.75) is 57.7 Å². The molecule has 7 heteroatoms. The first-order valence-corrected chi connectivity index (χ1v) is 13.2. The highest BCUT2D eigenvalue weighted by atomic mass is 16.5. The molecule has 3 fully saturated rings.